The lowest BCUT2D eigenvalue weighted by atomic mass is 10.3. The van der Waals surface area contributed by atoms with Crippen molar-refractivity contribution in [2.24, 2.45) is 0 Å². The van der Waals surface area contributed by atoms with Crippen LogP contribution in [-0.2, 0) is 29.5 Å². The van der Waals surface area contributed by atoms with Gasteiger partial charge in [0, 0.05) is 11.6 Å². The van der Waals surface area contributed by atoms with Gasteiger partial charge in [-0.2, -0.15) is 4.31 Å². The Morgan fingerprint density at radius 3 is 2.78 bits per heavy atom. The summed E-state index contributed by atoms with van der Waals surface area (Å²) in [7, 11) is -3.78. The van der Waals surface area contributed by atoms with Gasteiger partial charge in [-0.15, -0.1) is 11.3 Å². The summed E-state index contributed by atoms with van der Waals surface area (Å²) in [4.78, 5) is 8.56. The van der Waals surface area contributed by atoms with Crippen molar-refractivity contribution in [3.63, 3.8) is 0 Å². The zero-order valence-electron chi connectivity index (χ0n) is 14.8. The van der Waals surface area contributed by atoms with Crippen LogP contribution >= 0.6 is 22.9 Å². The predicted molar refractivity (Wildman–Crippen MR) is 105 cm³/mol. The third kappa shape index (κ3) is 5.16. The number of pyridine rings is 1. The Bertz CT molecular complexity index is 954. The van der Waals surface area contributed by atoms with Crippen LogP contribution in [-0.4, -0.2) is 22.7 Å². The molecule has 0 aliphatic carbocycles. The van der Waals surface area contributed by atoms with Crippen molar-refractivity contribution < 1.29 is 12.8 Å². The molecule has 6 nitrogen and oxygen atoms in total. The first-order valence-electron chi connectivity index (χ1n) is 8.56. The third-order valence-electron chi connectivity index (χ3n) is 3.93. The van der Waals surface area contributed by atoms with E-state index in [1.54, 1.807) is 23.5 Å². The largest absolute Gasteiger partial charge is 0.468 e. The smallest absolute Gasteiger partial charge is 0.245 e. The number of furan rings is 1. The van der Waals surface area contributed by atoms with Crippen LogP contribution in [0.25, 0.3) is 0 Å². The van der Waals surface area contributed by atoms with Crippen molar-refractivity contribution in [1.29, 1.82) is 0 Å². The zero-order valence-corrected chi connectivity index (χ0v) is 17.2. The van der Waals surface area contributed by atoms with Gasteiger partial charge in [0.05, 0.1) is 30.1 Å². The Balaban J connectivity index is 1.86. The van der Waals surface area contributed by atoms with E-state index in [0.717, 1.165) is 30.0 Å². The molecule has 0 bridgehead atoms. The molecule has 0 aromatic carbocycles. The fourth-order valence-corrected chi connectivity index (χ4v) is 4.78. The van der Waals surface area contributed by atoms with Crippen molar-refractivity contribution in [3.8, 4) is 0 Å². The van der Waals surface area contributed by atoms with Gasteiger partial charge in [0.25, 0.3) is 0 Å². The van der Waals surface area contributed by atoms with E-state index in [1.165, 1.54) is 28.9 Å². The van der Waals surface area contributed by atoms with Crippen molar-refractivity contribution in [3.05, 3.63) is 63.7 Å². The van der Waals surface area contributed by atoms with E-state index in [4.69, 9.17) is 16.0 Å². The molecule has 0 radical (unpaired) electrons. The topological polar surface area (TPSA) is 76.3 Å². The monoisotopic (exact) mass is 425 g/mol. The summed E-state index contributed by atoms with van der Waals surface area (Å²) in [5, 5.41) is 3.18. The maximum absolute atomic E-state index is 13.1. The third-order valence-corrected chi connectivity index (χ3v) is 6.89. The molecule has 3 aromatic rings. The van der Waals surface area contributed by atoms with Crippen LogP contribution in [0.4, 0.5) is 0 Å². The lowest BCUT2D eigenvalue weighted by Crippen LogP contribution is -2.30. The summed E-state index contributed by atoms with van der Waals surface area (Å²) in [5.41, 5.74) is 0.725. The van der Waals surface area contributed by atoms with Gasteiger partial charge in [-0.05, 0) is 37.1 Å². The van der Waals surface area contributed by atoms with Crippen molar-refractivity contribution in [1.82, 2.24) is 14.3 Å². The van der Waals surface area contributed by atoms with Gasteiger partial charge in [-0.25, -0.2) is 18.4 Å². The van der Waals surface area contributed by atoms with E-state index >= 15 is 0 Å². The molecule has 0 spiro atoms. The van der Waals surface area contributed by atoms with Gasteiger partial charge in [0.15, 0.2) is 0 Å². The fourth-order valence-electron chi connectivity index (χ4n) is 2.51. The van der Waals surface area contributed by atoms with Crippen LogP contribution in [0.5, 0.6) is 0 Å². The second-order valence-corrected chi connectivity index (χ2v) is 9.27. The van der Waals surface area contributed by atoms with E-state index in [9.17, 15) is 8.42 Å². The molecule has 144 valence electrons. The van der Waals surface area contributed by atoms with Gasteiger partial charge in [-0.3, -0.25) is 0 Å². The van der Waals surface area contributed by atoms with Gasteiger partial charge in [0.2, 0.25) is 10.0 Å². The minimum absolute atomic E-state index is 0.0832. The van der Waals surface area contributed by atoms with Crippen LogP contribution in [0.1, 0.15) is 36.2 Å². The van der Waals surface area contributed by atoms with Crippen LogP contribution in [0.2, 0.25) is 5.15 Å². The molecule has 0 amide bonds. The fraction of sp³-hybridized carbons (Fsp3) is 0.333. The Kier molecular flexibility index (Phi) is 6.64. The van der Waals surface area contributed by atoms with Gasteiger partial charge < -0.3 is 4.42 Å². The van der Waals surface area contributed by atoms with Gasteiger partial charge >= 0.3 is 0 Å². The predicted octanol–water partition coefficient (Wildman–Crippen LogP) is 4.52. The number of hydrogen-bond donors (Lipinski definition) is 0. The Morgan fingerprint density at radius 1 is 1.26 bits per heavy atom. The number of aromatic nitrogens is 2. The number of sulfonamides is 1. The molecule has 9 heteroatoms. The number of aryl methyl sites for hydroxylation is 1. The quantitative estimate of drug-likeness (QED) is 0.471. The molecule has 0 aliphatic rings. The summed E-state index contributed by atoms with van der Waals surface area (Å²) < 4.78 is 33.0. The van der Waals surface area contributed by atoms with Crippen molar-refractivity contribution in [2.45, 2.75) is 44.2 Å². The number of halogens is 1. The maximum atomic E-state index is 13.1. The second-order valence-electron chi connectivity index (χ2n) is 6.01. The Labute approximate surface area is 167 Å². The molecule has 0 saturated carbocycles. The molecule has 0 atom stereocenters. The van der Waals surface area contributed by atoms with E-state index < -0.39 is 10.0 Å². The highest BCUT2D eigenvalue weighted by Gasteiger charge is 2.27. The van der Waals surface area contributed by atoms with Gasteiger partial charge in [0.1, 0.15) is 15.8 Å². The van der Waals surface area contributed by atoms with E-state index in [1.807, 2.05) is 5.38 Å². The molecule has 3 rings (SSSR count). The van der Waals surface area contributed by atoms with Crippen LogP contribution in [0.15, 0.2) is 51.4 Å². The average Bonchev–Trinajstić information content (AvgIpc) is 3.32. The molecular weight excluding hydrogens is 406 g/mol. The normalized spacial score (nSPS) is 12.0. The van der Waals surface area contributed by atoms with E-state index in [-0.39, 0.29) is 23.1 Å². The van der Waals surface area contributed by atoms with Gasteiger partial charge in [-0.1, -0.05) is 24.9 Å². The summed E-state index contributed by atoms with van der Waals surface area (Å²) in [6.07, 6.45) is 5.86. The van der Waals surface area contributed by atoms with Crippen LogP contribution in [0, 0.1) is 0 Å². The number of nitrogens with zero attached hydrogens (tertiary/aromatic N) is 3. The van der Waals surface area contributed by atoms with Crippen LogP contribution < -0.4 is 0 Å². The molecular formula is C18H20ClN3O3S2. The lowest BCUT2D eigenvalue weighted by molar-refractivity contribution is 0.356. The summed E-state index contributed by atoms with van der Waals surface area (Å²) in [5.74, 6) is 0.557. The number of unbranched alkanes of at least 4 members (excludes halogenated alkanes) is 1. The Morgan fingerprint density at radius 2 is 2.11 bits per heavy atom. The highest BCUT2D eigenvalue weighted by Crippen LogP contribution is 2.23. The molecule has 0 unspecified atom stereocenters. The number of thiazole rings is 1. The minimum Gasteiger partial charge on any atom is -0.468 e. The lowest BCUT2D eigenvalue weighted by Gasteiger charge is -2.20. The van der Waals surface area contributed by atoms with E-state index in [0.29, 0.717) is 5.76 Å². The zero-order chi connectivity index (χ0) is 19.3. The standard InChI is InChI=1S/C18H20ClN3O3S2/c1-2-3-6-18-21-14(13-26-18)11-22(12-15-5-4-9-25-15)27(23,24)16-7-8-17(19)20-10-16/h4-5,7-10,13H,2-3,6,11-12H2,1H3. The molecule has 3 heterocycles. The minimum atomic E-state index is -3.78. The molecule has 3 aromatic heterocycles. The summed E-state index contributed by atoms with van der Waals surface area (Å²) in [6.45, 7) is 2.40. The van der Waals surface area contributed by atoms with E-state index in [2.05, 4.69) is 16.9 Å². The molecule has 0 fully saturated rings. The number of hydrogen-bond acceptors (Lipinski definition) is 6. The summed E-state index contributed by atoms with van der Waals surface area (Å²) in [6, 6.07) is 6.39. The highest BCUT2D eigenvalue weighted by molar-refractivity contribution is 7.89. The highest BCUT2D eigenvalue weighted by atomic mass is 35.5. The molecule has 0 N–H and O–H groups in total. The van der Waals surface area contributed by atoms with Crippen molar-refractivity contribution >= 4 is 33.0 Å². The van der Waals surface area contributed by atoms with Crippen molar-refractivity contribution in [2.75, 3.05) is 0 Å². The first-order chi connectivity index (χ1) is 13.0. The Hall–Kier alpha value is -1.74. The molecule has 0 saturated heterocycles. The maximum Gasteiger partial charge on any atom is 0.245 e. The second kappa shape index (κ2) is 8.97. The first kappa shape index (κ1) is 20.0. The molecule has 27 heavy (non-hydrogen) atoms. The number of rotatable bonds is 9. The average molecular weight is 426 g/mol. The summed E-state index contributed by atoms with van der Waals surface area (Å²) >= 11 is 7.35. The SMILES string of the molecule is CCCCc1nc(CN(Cc2ccco2)S(=O)(=O)c2ccc(Cl)nc2)cs1. The molecule has 0 aliphatic heterocycles. The first-order valence-corrected chi connectivity index (χ1v) is 11.3. The van der Waals surface area contributed by atoms with Crippen LogP contribution in [0.3, 0.4) is 0 Å².